The zero-order valence-corrected chi connectivity index (χ0v) is 23.6. The van der Waals surface area contributed by atoms with Gasteiger partial charge in [-0.2, -0.15) is 0 Å². The molecule has 0 aliphatic carbocycles. The van der Waals surface area contributed by atoms with Gasteiger partial charge in [0.05, 0.1) is 0 Å². The number of ether oxygens (including phenoxy) is 2. The van der Waals surface area contributed by atoms with Gasteiger partial charge in [0.25, 0.3) is 0 Å². The Balaban J connectivity index is 1.59. The van der Waals surface area contributed by atoms with Gasteiger partial charge < -0.3 is 19.7 Å². The van der Waals surface area contributed by atoms with Crippen LogP contribution in [0.4, 0.5) is 0 Å². The van der Waals surface area contributed by atoms with Crippen molar-refractivity contribution in [1.29, 1.82) is 0 Å². The zero-order valence-electron chi connectivity index (χ0n) is 22.0. The number of carbonyl (C=O) groups excluding carboxylic acids is 2. The second-order valence-electron chi connectivity index (χ2n) is 9.65. The molecule has 2 amide bonds. The second-order valence-corrected chi connectivity index (χ2v) is 10.6. The Labute approximate surface area is 233 Å². The van der Waals surface area contributed by atoms with E-state index in [2.05, 4.69) is 21.2 Å². The molecule has 1 aliphatic heterocycles. The fourth-order valence-electron chi connectivity index (χ4n) is 4.42. The summed E-state index contributed by atoms with van der Waals surface area (Å²) in [6, 6.07) is 22.9. The third kappa shape index (κ3) is 7.60. The van der Waals surface area contributed by atoms with Gasteiger partial charge in [0.1, 0.15) is 19.3 Å². The number of aryl methyl sites for hydroxylation is 1. The van der Waals surface area contributed by atoms with Crippen LogP contribution in [0, 0.1) is 0 Å². The SMILES string of the molecule is CC[C@@H](C)NC(=O)[C@H](Cc1ccccc1)N(Cc1ccc(Br)cc1)C(=O)CCc1ccc2c(c1)OCCO2. The average Bonchev–Trinajstić information content (AvgIpc) is 2.94. The number of rotatable bonds is 11. The maximum absolute atomic E-state index is 13.8. The summed E-state index contributed by atoms with van der Waals surface area (Å²) in [6.45, 7) is 5.42. The van der Waals surface area contributed by atoms with Gasteiger partial charge in [-0.25, -0.2) is 0 Å². The Kier molecular flexibility index (Phi) is 9.82. The molecule has 200 valence electrons. The van der Waals surface area contributed by atoms with Gasteiger partial charge in [-0.15, -0.1) is 0 Å². The highest BCUT2D eigenvalue weighted by atomic mass is 79.9. The lowest BCUT2D eigenvalue weighted by atomic mass is 10.0. The quantitative estimate of drug-likeness (QED) is 0.316. The number of halogens is 1. The van der Waals surface area contributed by atoms with Crippen molar-refractivity contribution in [3.8, 4) is 11.5 Å². The molecular weight excluding hydrogens is 544 g/mol. The fourth-order valence-corrected chi connectivity index (χ4v) is 4.68. The van der Waals surface area contributed by atoms with Crippen molar-refractivity contribution in [3.05, 3.63) is 94.0 Å². The molecule has 0 bridgehead atoms. The van der Waals surface area contributed by atoms with Crippen molar-refractivity contribution < 1.29 is 19.1 Å². The monoisotopic (exact) mass is 578 g/mol. The molecule has 1 aliphatic rings. The number of hydrogen-bond donors (Lipinski definition) is 1. The van der Waals surface area contributed by atoms with Crippen molar-refractivity contribution in [2.45, 2.75) is 58.2 Å². The average molecular weight is 580 g/mol. The maximum Gasteiger partial charge on any atom is 0.243 e. The molecule has 38 heavy (non-hydrogen) atoms. The molecule has 0 fully saturated rings. The summed E-state index contributed by atoms with van der Waals surface area (Å²) in [5, 5.41) is 3.12. The minimum Gasteiger partial charge on any atom is -0.486 e. The second kappa shape index (κ2) is 13.5. The highest BCUT2D eigenvalue weighted by Gasteiger charge is 2.31. The largest absolute Gasteiger partial charge is 0.486 e. The first-order valence-electron chi connectivity index (χ1n) is 13.2. The highest BCUT2D eigenvalue weighted by Crippen LogP contribution is 2.31. The topological polar surface area (TPSA) is 67.9 Å². The van der Waals surface area contributed by atoms with Crippen LogP contribution in [0.15, 0.2) is 77.3 Å². The lowest BCUT2D eigenvalue weighted by molar-refractivity contribution is -0.141. The van der Waals surface area contributed by atoms with E-state index in [9.17, 15) is 9.59 Å². The van der Waals surface area contributed by atoms with Gasteiger partial charge in [0.15, 0.2) is 11.5 Å². The van der Waals surface area contributed by atoms with Crippen molar-refractivity contribution in [2.24, 2.45) is 0 Å². The van der Waals surface area contributed by atoms with Crippen molar-refractivity contribution in [2.75, 3.05) is 13.2 Å². The van der Waals surface area contributed by atoms with E-state index in [0.29, 0.717) is 38.3 Å². The molecule has 4 rings (SSSR count). The summed E-state index contributed by atoms with van der Waals surface area (Å²) in [6.07, 6.45) is 2.07. The van der Waals surface area contributed by atoms with Crippen LogP contribution >= 0.6 is 15.9 Å². The fraction of sp³-hybridized carbons (Fsp3) is 0.355. The molecule has 3 aromatic rings. The Morgan fingerprint density at radius 3 is 2.32 bits per heavy atom. The highest BCUT2D eigenvalue weighted by molar-refractivity contribution is 9.10. The summed E-state index contributed by atoms with van der Waals surface area (Å²) in [4.78, 5) is 29.2. The van der Waals surface area contributed by atoms with E-state index in [1.165, 1.54) is 0 Å². The number of carbonyl (C=O) groups is 2. The first-order chi connectivity index (χ1) is 18.4. The van der Waals surface area contributed by atoms with Crippen LogP contribution in [-0.2, 0) is 29.0 Å². The van der Waals surface area contributed by atoms with Crippen molar-refractivity contribution in [1.82, 2.24) is 10.2 Å². The van der Waals surface area contributed by atoms with Crippen molar-refractivity contribution in [3.63, 3.8) is 0 Å². The van der Waals surface area contributed by atoms with E-state index in [1.807, 2.05) is 86.6 Å². The number of benzene rings is 3. The molecule has 6 nitrogen and oxygen atoms in total. The number of amides is 2. The molecule has 0 aromatic heterocycles. The van der Waals surface area contributed by atoms with Crippen LogP contribution in [0.3, 0.4) is 0 Å². The Hall–Kier alpha value is -3.32. The molecule has 0 unspecified atom stereocenters. The van der Waals surface area contributed by atoms with Crippen molar-refractivity contribution >= 4 is 27.7 Å². The maximum atomic E-state index is 13.8. The predicted octanol–water partition coefficient (Wildman–Crippen LogP) is 5.71. The van der Waals surface area contributed by atoms with Gasteiger partial charge in [0.2, 0.25) is 11.8 Å². The van der Waals surface area contributed by atoms with E-state index >= 15 is 0 Å². The van der Waals surface area contributed by atoms with Gasteiger partial charge >= 0.3 is 0 Å². The van der Waals surface area contributed by atoms with Crippen LogP contribution < -0.4 is 14.8 Å². The Morgan fingerprint density at radius 1 is 0.921 bits per heavy atom. The van der Waals surface area contributed by atoms with E-state index in [1.54, 1.807) is 4.90 Å². The van der Waals surface area contributed by atoms with Crippen LogP contribution in [0.2, 0.25) is 0 Å². The number of fused-ring (bicyclic) bond motifs is 1. The first-order valence-corrected chi connectivity index (χ1v) is 14.0. The van der Waals surface area contributed by atoms with E-state index in [-0.39, 0.29) is 24.3 Å². The Bertz CT molecular complexity index is 1220. The van der Waals surface area contributed by atoms with Crippen LogP contribution in [0.25, 0.3) is 0 Å². The van der Waals surface area contributed by atoms with Gasteiger partial charge in [-0.3, -0.25) is 9.59 Å². The van der Waals surface area contributed by atoms with Gasteiger partial charge in [0, 0.05) is 29.9 Å². The normalized spacial score (nSPS) is 13.9. The minimum atomic E-state index is -0.636. The summed E-state index contributed by atoms with van der Waals surface area (Å²) in [5.74, 6) is 1.24. The summed E-state index contributed by atoms with van der Waals surface area (Å²) >= 11 is 3.49. The first kappa shape index (κ1) is 27.7. The van der Waals surface area contributed by atoms with E-state index < -0.39 is 6.04 Å². The molecular formula is C31H35BrN2O4. The van der Waals surface area contributed by atoms with Crippen LogP contribution in [0.1, 0.15) is 43.4 Å². The van der Waals surface area contributed by atoms with Gasteiger partial charge in [-0.05, 0) is 60.7 Å². The number of nitrogens with zero attached hydrogens (tertiary/aromatic N) is 1. The molecule has 0 radical (unpaired) electrons. The lowest BCUT2D eigenvalue weighted by Gasteiger charge is -2.32. The minimum absolute atomic E-state index is 0.0168. The predicted molar refractivity (Wildman–Crippen MR) is 152 cm³/mol. The molecule has 2 atom stereocenters. The molecule has 7 heteroatoms. The molecule has 1 heterocycles. The summed E-state index contributed by atoms with van der Waals surface area (Å²) < 4.78 is 12.3. The number of hydrogen-bond acceptors (Lipinski definition) is 4. The molecule has 1 N–H and O–H groups in total. The summed E-state index contributed by atoms with van der Waals surface area (Å²) in [5.41, 5.74) is 2.97. The smallest absolute Gasteiger partial charge is 0.243 e. The number of nitrogens with one attached hydrogen (secondary N) is 1. The van der Waals surface area contributed by atoms with Gasteiger partial charge in [-0.1, -0.05) is 71.4 Å². The standard InChI is InChI=1S/C31H35BrN2O4/c1-3-22(2)33-31(36)27(19-23-7-5-4-6-8-23)34(21-25-9-13-26(32)14-10-25)30(35)16-12-24-11-15-28-29(20-24)38-18-17-37-28/h4-11,13-15,20,22,27H,3,12,16-19,21H2,1-2H3,(H,33,36)/t22-,27+/m1/s1. The zero-order chi connectivity index (χ0) is 26.9. The molecule has 0 saturated heterocycles. The Morgan fingerprint density at radius 2 is 1.61 bits per heavy atom. The molecule has 0 saturated carbocycles. The van der Waals surface area contributed by atoms with Crippen LogP contribution in [0.5, 0.6) is 11.5 Å². The molecule has 3 aromatic carbocycles. The van der Waals surface area contributed by atoms with Crippen LogP contribution in [-0.4, -0.2) is 42.0 Å². The molecule has 0 spiro atoms. The third-order valence-electron chi connectivity index (χ3n) is 6.77. The summed E-state index contributed by atoms with van der Waals surface area (Å²) in [7, 11) is 0. The lowest BCUT2D eigenvalue weighted by Crippen LogP contribution is -2.52. The van der Waals surface area contributed by atoms with E-state index in [0.717, 1.165) is 33.3 Å². The van der Waals surface area contributed by atoms with E-state index in [4.69, 9.17) is 9.47 Å². The third-order valence-corrected chi connectivity index (χ3v) is 7.30.